The van der Waals surface area contributed by atoms with Gasteiger partial charge in [0.15, 0.2) is 0 Å². The summed E-state index contributed by atoms with van der Waals surface area (Å²) < 4.78 is 27.5. The average Bonchev–Trinajstić information content (AvgIpc) is 3.27. The number of rotatable bonds is 5. The van der Waals surface area contributed by atoms with Gasteiger partial charge in [0.2, 0.25) is 15.7 Å². The van der Waals surface area contributed by atoms with E-state index in [1.54, 1.807) is 37.3 Å². The summed E-state index contributed by atoms with van der Waals surface area (Å²) in [5, 5.41) is 15.0. The third kappa shape index (κ3) is 3.16. The van der Waals surface area contributed by atoms with Crippen LogP contribution in [0.1, 0.15) is 22.5 Å². The molecule has 30 heavy (non-hydrogen) atoms. The Morgan fingerprint density at radius 3 is 2.57 bits per heavy atom. The number of amides is 2. The van der Waals surface area contributed by atoms with Gasteiger partial charge in [-0.1, -0.05) is 18.2 Å². The normalized spacial score (nSPS) is 19.1. The first-order chi connectivity index (χ1) is 14.3. The first kappa shape index (κ1) is 20.1. The molecule has 1 aromatic carbocycles. The minimum Gasteiger partial charge on any atom is -0.393 e. The number of aryl methyl sites for hydroxylation is 1. The van der Waals surface area contributed by atoms with Crippen molar-refractivity contribution < 1.29 is 23.1 Å². The fraction of sp³-hybridized carbons (Fsp3) is 0.238. The van der Waals surface area contributed by atoms with E-state index in [9.17, 15) is 23.1 Å². The van der Waals surface area contributed by atoms with Crippen LogP contribution in [0.2, 0.25) is 0 Å². The van der Waals surface area contributed by atoms with E-state index in [0.717, 1.165) is 0 Å². The number of aromatic nitrogens is 1. The van der Waals surface area contributed by atoms with Gasteiger partial charge in [-0.05, 0) is 49.2 Å². The highest BCUT2D eigenvalue weighted by Crippen LogP contribution is 2.25. The van der Waals surface area contributed by atoms with E-state index < -0.39 is 33.8 Å². The molecule has 2 amide bonds. The largest absolute Gasteiger partial charge is 0.393 e. The smallest absolute Gasteiger partial charge is 0.269 e. The van der Waals surface area contributed by atoms with E-state index in [4.69, 9.17) is 0 Å². The zero-order chi connectivity index (χ0) is 21.5. The Balaban J connectivity index is 1.78. The van der Waals surface area contributed by atoms with Crippen molar-refractivity contribution in [1.29, 1.82) is 0 Å². The second-order valence-electron chi connectivity index (χ2n) is 7.35. The number of carbonyl (C=O) groups excluding carboxylic acids is 2. The summed E-state index contributed by atoms with van der Waals surface area (Å²) in [5.74, 6) is -1.00. The number of nitrogens with one attached hydrogen (secondary N) is 2. The minimum absolute atomic E-state index is 0.0429. The minimum atomic E-state index is -3.77. The van der Waals surface area contributed by atoms with Crippen molar-refractivity contribution in [3.8, 4) is 0 Å². The predicted molar refractivity (Wildman–Crippen MR) is 109 cm³/mol. The highest BCUT2D eigenvalue weighted by Gasteiger charge is 2.43. The van der Waals surface area contributed by atoms with Gasteiger partial charge < -0.3 is 20.1 Å². The summed E-state index contributed by atoms with van der Waals surface area (Å²) in [4.78, 5) is 25.4. The molecule has 3 heterocycles. The van der Waals surface area contributed by atoms with Crippen LogP contribution in [0.15, 0.2) is 64.5 Å². The van der Waals surface area contributed by atoms with Crippen molar-refractivity contribution in [2.24, 2.45) is 0 Å². The van der Waals surface area contributed by atoms with E-state index >= 15 is 0 Å². The van der Waals surface area contributed by atoms with Gasteiger partial charge in [0.05, 0.1) is 16.4 Å². The maximum absolute atomic E-state index is 13.1. The molecule has 1 aliphatic rings. The molecule has 2 aromatic heterocycles. The predicted octanol–water partition coefficient (Wildman–Crippen LogP) is 1.06. The zero-order valence-electron chi connectivity index (χ0n) is 16.3. The molecule has 0 aliphatic carbocycles. The topological polar surface area (TPSA) is 117 Å². The van der Waals surface area contributed by atoms with Crippen molar-refractivity contribution in [1.82, 2.24) is 15.0 Å². The molecule has 0 bridgehead atoms. The monoisotopic (exact) mass is 427 g/mol. The number of carbonyl (C=O) groups is 2. The SMILES string of the molecule is Cc1cc2ccc(S(=O)(=O)c3ccccc3)cn2c1C(=O)NC1(CO)CCNC1=O. The van der Waals surface area contributed by atoms with Gasteiger partial charge in [-0.3, -0.25) is 9.59 Å². The molecule has 156 valence electrons. The fourth-order valence-corrected chi connectivity index (χ4v) is 5.00. The Morgan fingerprint density at radius 1 is 1.20 bits per heavy atom. The summed E-state index contributed by atoms with van der Waals surface area (Å²) in [5.41, 5.74) is 0.0796. The number of fused-ring (bicyclic) bond motifs is 1. The van der Waals surface area contributed by atoms with Gasteiger partial charge in [0, 0.05) is 18.3 Å². The van der Waals surface area contributed by atoms with Crippen LogP contribution in [0.25, 0.3) is 5.52 Å². The fourth-order valence-electron chi connectivity index (χ4n) is 3.73. The Bertz CT molecular complexity index is 1250. The lowest BCUT2D eigenvalue weighted by molar-refractivity contribution is -0.125. The Morgan fingerprint density at radius 2 is 1.93 bits per heavy atom. The van der Waals surface area contributed by atoms with Crippen LogP contribution >= 0.6 is 0 Å². The van der Waals surface area contributed by atoms with E-state index in [2.05, 4.69) is 10.6 Å². The lowest BCUT2D eigenvalue weighted by atomic mass is 9.98. The van der Waals surface area contributed by atoms with Crippen LogP contribution in [0.4, 0.5) is 0 Å². The third-order valence-corrected chi connectivity index (χ3v) is 7.16. The van der Waals surface area contributed by atoms with Gasteiger partial charge >= 0.3 is 0 Å². The van der Waals surface area contributed by atoms with Crippen molar-refractivity contribution in [2.75, 3.05) is 13.2 Å². The molecule has 1 unspecified atom stereocenters. The number of hydrogen-bond acceptors (Lipinski definition) is 5. The molecular weight excluding hydrogens is 406 g/mol. The Hall–Kier alpha value is -3.17. The first-order valence-electron chi connectivity index (χ1n) is 9.42. The summed E-state index contributed by atoms with van der Waals surface area (Å²) in [6.45, 7) is 1.56. The van der Waals surface area contributed by atoms with Crippen LogP contribution in [0.5, 0.6) is 0 Å². The molecule has 4 rings (SSSR count). The molecule has 0 saturated carbocycles. The first-order valence-corrected chi connectivity index (χ1v) is 10.9. The molecule has 0 radical (unpaired) electrons. The quantitative estimate of drug-likeness (QED) is 0.563. The van der Waals surface area contributed by atoms with Crippen LogP contribution in [-0.4, -0.2) is 48.4 Å². The maximum atomic E-state index is 13.1. The summed E-state index contributed by atoms with van der Waals surface area (Å²) in [7, 11) is -3.77. The summed E-state index contributed by atoms with van der Waals surface area (Å²) >= 11 is 0. The van der Waals surface area contributed by atoms with Crippen LogP contribution in [0, 0.1) is 6.92 Å². The molecular formula is C21H21N3O5S. The highest BCUT2D eigenvalue weighted by atomic mass is 32.2. The number of sulfone groups is 1. The van der Waals surface area contributed by atoms with E-state index in [1.165, 1.54) is 28.8 Å². The molecule has 9 heteroatoms. The van der Waals surface area contributed by atoms with Crippen LogP contribution < -0.4 is 10.6 Å². The zero-order valence-corrected chi connectivity index (χ0v) is 17.1. The standard InChI is InChI=1S/C21H21N3O5S/c1-14-11-15-7-8-17(30(28,29)16-5-3-2-4-6-16)12-24(15)18(14)19(26)23-21(13-25)9-10-22-20(21)27/h2-8,11-12,25H,9-10,13H2,1H3,(H,22,27)(H,23,26). The molecule has 1 saturated heterocycles. The number of benzene rings is 1. The van der Waals surface area contributed by atoms with Crippen molar-refractivity contribution >= 4 is 27.2 Å². The Kier molecular flexibility index (Phi) is 4.87. The van der Waals surface area contributed by atoms with Gasteiger partial charge in [0.1, 0.15) is 11.2 Å². The van der Waals surface area contributed by atoms with E-state index in [1.807, 2.05) is 0 Å². The molecule has 3 aromatic rings. The molecule has 1 aliphatic heterocycles. The van der Waals surface area contributed by atoms with Crippen molar-refractivity contribution in [3.63, 3.8) is 0 Å². The van der Waals surface area contributed by atoms with Gasteiger partial charge in [-0.15, -0.1) is 0 Å². The van der Waals surface area contributed by atoms with Gasteiger partial charge in [-0.2, -0.15) is 0 Å². The number of nitrogens with zero attached hydrogens (tertiary/aromatic N) is 1. The number of hydrogen-bond donors (Lipinski definition) is 3. The number of aliphatic hydroxyl groups excluding tert-OH is 1. The summed E-state index contributed by atoms with van der Waals surface area (Å²) in [6.07, 6.45) is 1.67. The van der Waals surface area contributed by atoms with Gasteiger partial charge in [-0.25, -0.2) is 8.42 Å². The van der Waals surface area contributed by atoms with Crippen molar-refractivity contribution in [2.45, 2.75) is 28.7 Å². The van der Waals surface area contributed by atoms with Gasteiger partial charge in [0.25, 0.3) is 5.91 Å². The van der Waals surface area contributed by atoms with E-state index in [0.29, 0.717) is 17.6 Å². The summed E-state index contributed by atoms with van der Waals surface area (Å²) in [6, 6.07) is 12.9. The maximum Gasteiger partial charge on any atom is 0.269 e. The van der Waals surface area contributed by atoms with E-state index in [-0.39, 0.29) is 21.9 Å². The van der Waals surface area contributed by atoms with Crippen LogP contribution in [-0.2, 0) is 14.6 Å². The molecule has 0 spiro atoms. The second-order valence-corrected chi connectivity index (χ2v) is 9.30. The lowest BCUT2D eigenvalue weighted by Crippen LogP contribution is -2.56. The highest BCUT2D eigenvalue weighted by molar-refractivity contribution is 7.91. The average molecular weight is 427 g/mol. The second kappa shape index (κ2) is 7.26. The molecule has 1 fully saturated rings. The van der Waals surface area contributed by atoms with Crippen molar-refractivity contribution in [3.05, 3.63) is 66.0 Å². The number of aliphatic hydroxyl groups is 1. The molecule has 3 N–H and O–H groups in total. The molecule has 1 atom stereocenters. The van der Waals surface area contributed by atoms with Crippen LogP contribution in [0.3, 0.4) is 0 Å². The third-order valence-electron chi connectivity index (χ3n) is 5.41. The Labute approximate surface area is 173 Å². The molecule has 8 nitrogen and oxygen atoms in total. The lowest BCUT2D eigenvalue weighted by Gasteiger charge is -2.25. The number of pyridine rings is 1.